The summed E-state index contributed by atoms with van der Waals surface area (Å²) in [6.45, 7) is 3.61. The first kappa shape index (κ1) is 13.5. The molecule has 0 fully saturated rings. The predicted octanol–water partition coefficient (Wildman–Crippen LogP) is 1.52. The number of hydrogen-bond acceptors (Lipinski definition) is 4. The van der Waals surface area contributed by atoms with Gasteiger partial charge in [-0.1, -0.05) is 12.1 Å². The molecule has 4 nitrogen and oxygen atoms in total. The number of methoxy groups -OCH3 is 1. The minimum Gasteiger partial charge on any atom is -0.497 e. The summed E-state index contributed by atoms with van der Waals surface area (Å²) in [7, 11) is 1.61. The van der Waals surface area contributed by atoms with Crippen molar-refractivity contribution in [2.45, 2.75) is 32.4 Å². The fraction of sp³-hybridized carbons (Fsp3) is 0.462. The van der Waals surface area contributed by atoms with Gasteiger partial charge in [-0.2, -0.15) is 0 Å². The molecule has 0 saturated carbocycles. The summed E-state index contributed by atoms with van der Waals surface area (Å²) in [6.07, 6.45) is 0.333. The molecule has 0 unspecified atom stereocenters. The lowest BCUT2D eigenvalue weighted by Gasteiger charge is -2.13. The number of rotatable bonds is 5. The SMILES string of the molecule is COc1ccc(C[C@@H](N)C(=O)OC(C)C)cc1. The highest BCUT2D eigenvalue weighted by atomic mass is 16.5. The van der Waals surface area contributed by atoms with Crippen molar-refractivity contribution in [3.63, 3.8) is 0 Å². The topological polar surface area (TPSA) is 61.5 Å². The van der Waals surface area contributed by atoms with Gasteiger partial charge in [0.1, 0.15) is 11.8 Å². The highest BCUT2D eigenvalue weighted by Gasteiger charge is 2.16. The number of benzene rings is 1. The summed E-state index contributed by atoms with van der Waals surface area (Å²) in [5.41, 5.74) is 6.75. The third kappa shape index (κ3) is 4.44. The van der Waals surface area contributed by atoms with E-state index in [2.05, 4.69) is 0 Å². The molecular formula is C13H19NO3. The highest BCUT2D eigenvalue weighted by Crippen LogP contribution is 2.12. The maximum atomic E-state index is 11.5. The zero-order chi connectivity index (χ0) is 12.8. The lowest BCUT2D eigenvalue weighted by Crippen LogP contribution is -2.35. The molecule has 17 heavy (non-hydrogen) atoms. The number of nitrogens with two attached hydrogens (primary N) is 1. The first-order valence-electron chi connectivity index (χ1n) is 5.62. The van der Waals surface area contributed by atoms with Crippen LogP contribution in [0.2, 0.25) is 0 Å². The van der Waals surface area contributed by atoms with Crippen LogP contribution in [0.5, 0.6) is 5.75 Å². The van der Waals surface area contributed by atoms with E-state index in [-0.39, 0.29) is 12.1 Å². The molecule has 0 radical (unpaired) electrons. The molecule has 94 valence electrons. The van der Waals surface area contributed by atoms with Crippen LogP contribution in [0.1, 0.15) is 19.4 Å². The van der Waals surface area contributed by atoms with Crippen molar-refractivity contribution in [3.8, 4) is 5.75 Å². The largest absolute Gasteiger partial charge is 0.497 e. The zero-order valence-corrected chi connectivity index (χ0v) is 10.5. The molecule has 0 aliphatic rings. The van der Waals surface area contributed by atoms with Gasteiger partial charge >= 0.3 is 5.97 Å². The molecule has 0 heterocycles. The van der Waals surface area contributed by atoms with Gasteiger partial charge in [0.15, 0.2) is 0 Å². The average molecular weight is 237 g/mol. The molecule has 0 bridgehead atoms. The van der Waals surface area contributed by atoms with Gasteiger partial charge in [-0.05, 0) is 38.0 Å². The Balaban J connectivity index is 2.55. The number of hydrogen-bond donors (Lipinski definition) is 1. The Morgan fingerprint density at radius 1 is 1.29 bits per heavy atom. The molecular weight excluding hydrogens is 218 g/mol. The molecule has 1 rings (SSSR count). The van der Waals surface area contributed by atoms with Crippen LogP contribution in [-0.4, -0.2) is 25.2 Å². The first-order chi connectivity index (χ1) is 8.02. The van der Waals surface area contributed by atoms with Crippen molar-refractivity contribution in [3.05, 3.63) is 29.8 Å². The summed E-state index contributed by atoms with van der Waals surface area (Å²) >= 11 is 0. The number of carbonyl (C=O) groups excluding carboxylic acids is 1. The molecule has 4 heteroatoms. The molecule has 0 amide bonds. The van der Waals surface area contributed by atoms with E-state index in [4.69, 9.17) is 15.2 Å². The third-order valence-corrected chi connectivity index (χ3v) is 2.27. The van der Waals surface area contributed by atoms with Crippen LogP contribution in [0.25, 0.3) is 0 Å². The van der Waals surface area contributed by atoms with Crippen molar-refractivity contribution in [1.82, 2.24) is 0 Å². The summed E-state index contributed by atoms with van der Waals surface area (Å²) < 4.78 is 10.1. The molecule has 2 N–H and O–H groups in total. The third-order valence-electron chi connectivity index (χ3n) is 2.27. The van der Waals surface area contributed by atoms with E-state index < -0.39 is 6.04 Å². The second-order valence-electron chi connectivity index (χ2n) is 4.14. The van der Waals surface area contributed by atoms with E-state index in [9.17, 15) is 4.79 Å². The quantitative estimate of drug-likeness (QED) is 0.789. The number of esters is 1. The highest BCUT2D eigenvalue weighted by molar-refractivity contribution is 5.76. The Hall–Kier alpha value is -1.55. The molecule has 0 aliphatic heterocycles. The molecule has 0 saturated heterocycles. The van der Waals surface area contributed by atoms with Crippen LogP contribution in [0.3, 0.4) is 0 Å². The minimum absolute atomic E-state index is 0.135. The van der Waals surface area contributed by atoms with Crippen molar-refractivity contribution in [2.75, 3.05) is 7.11 Å². The molecule has 1 aromatic rings. The fourth-order valence-electron chi connectivity index (χ4n) is 1.42. The van der Waals surface area contributed by atoms with Crippen LogP contribution >= 0.6 is 0 Å². The van der Waals surface area contributed by atoms with E-state index in [0.717, 1.165) is 11.3 Å². The molecule has 0 aromatic heterocycles. The predicted molar refractivity (Wildman–Crippen MR) is 65.9 cm³/mol. The van der Waals surface area contributed by atoms with Crippen LogP contribution in [0.4, 0.5) is 0 Å². The van der Waals surface area contributed by atoms with Gasteiger partial charge in [-0.3, -0.25) is 4.79 Å². The Kier molecular flexibility index (Phi) is 4.97. The van der Waals surface area contributed by atoms with E-state index in [1.165, 1.54) is 0 Å². The normalized spacial score (nSPS) is 12.3. The van der Waals surface area contributed by atoms with Crippen molar-refractivity contribution >= 4 is 5.97 Å². The van der Waals surface area contributed by atoms with Crippen LogP contribution in [0, 0.1) is 0 Å². The van der Waals surface area contributed by atoms with Crippen LogP contribution in [-0.2, 0) is 16.0 Å². The van der Waals surface area contributed by atoms with E-state index in [1.54, 1.807) is 21.0 Å². The molecule has 0 spiro atoms. The van der Waals surface area contributed by atoms with Crippen molar-refractivity contribution < 1.29 is 14.3 Å². The van der Waals surface area contributed by atoms with Gasteiger partial charge in [0, 0.05) is 0 Å². The van der Waals surface area contributed by atoms with Gasteiger partial charge in [0.2, 0.25) is 0 Å². The molecule has 1 atom stereocenters. The standard InChI is InChI=1S/C13H19NO3/c1-9(2)17-13(15)12(14)8-10-4-6-11(16-3)7-5-10/h4-7,9,12H,8,14H2,1-3H3/t12-/m1/s1. The second-order valence-corrected chi connectivity index (χ2v) is 4.14. The van der Waals surface area contributed by atoms with Crippen LogP contribution in [0.15, 0.2) is 24.3 Å². The zero-order valence-electron chi connectivity index (χ0n) is 10.5. The summed E-state index contributed by atoms with van der Waals surface area (Å²) in [4.78, 5) is 11.5. The Morgan fingerprint density at radius 3 is 2.35 bits per heavy atom. The second kappa shape index (κ2) is 6.25. The van der Waals surface area contributed by atoms with Crippen molar-refractivity contribution in [1.29, 1.82) is 0 Å². The Morgan fingerprint density at radius 2 is 1.88 bits per heavy atom. The van der Waals surface area contributed by atoms with Gasteiger partial charge < -0.3 is 15.2 Å². The summed E-state index contributed by atoms with van der Waals surface area (Å²) in [5, 5.41) is 0. The smallest absolute Gasteiger partial charge is 0.323 e. The lowest BCUT2D eigenvalue weighted by molar-refractivity contribution is -0.148. The summed E-state index contributed by atoms with van der Waals surface area (Å²) in [6, 6.07) is 6.85. The van der Waals surface area contributed by atoms with E-state index in [0.29, 0.717) is 6.42 Å². The maximum absolute atomic E-state index is 11.5. The molecule has 1 aromatic carbocycles. The summed E-state index contributed by atoms with van der Waals surface area (Å²) in [5.74, 6) is 0.419. The van der Waals surface area contributed by atoms with Gasteiger partial charge in [-0.25, -0.2) is 0 Å². The average Bonchev–Trinajstić information content (AvgIpc) is 2.29. The minimum atomic E-state index is -0.620. The Bertz CT molecular complexity index is 359. The number of carbonyl (C=O) groups is 1. The van der Waals surface area contributed by atoms with Crippen molar-refractivity contribution in [2.24, 2.45) is 5.73 Å². The lowest BCUT2D eigenvalue weighted by atomic mass is 10.1. The van der Waals surface area contributed by atoms with E-state index in [1.807, 2.05) is 24.3 Å². The van der Waals surface area contributed by atoms with Gasteiger partial charge in [0.05, 0.1) is 13.2 Å². The van der Waals surface area contributed by atoms with Crippen LogP contribution < -0.4 is 10.5 Å². The Labute approximate surface area is 102 Å². The maximum Gasteiger partial charge on any atom is 0.323 e. The van der Waals surface area contributed by atoms with E-state index >= 15 is 0 Å². The molecule has 0 aliphatic carbocycles. The van der Waals surface area contributed by atoms with Gasteiger partial charge in [-0.15, -0.1) is 0 Å². The monoisotopic (exact) mass is 237 g/mol. The number of ether oxygens (including phenoxy) is 2. The fourth-order valence-corrected chi connectivity index (χ4v) is 1.42. The van der Waals surface area contributed by atoms with Gasteiger partial charge in [0.25, 0.3) is 0 Å². The first-order valence-corrected chi connectivity index (χ1v) is 5.62.